The molecular weight excluding hydrogens is 464 g/mol. The van der Waals surface area contributed by atoms with Crippen molar-refractivity contribution in [2.45, 2.75) is 25.3 Å². The molecule has 3 aromatic rings. The van der Waals surface area contributed by atoms with Gasteiger partial charge >= 0.3 is 6.03 Å². The molecule has 1 aliphatic heterocycles. The largest absolute Gasteiger partial charge is 0.497 e. The lowest BCUT2D eigenvalue weighted by atomic mass is 10.0. The Morgan fingerprint density at radius 2 is 1.97 bits per heavy atom. The van der Waals surface area contributed by atoms with Crippen LogP contribution < -0.4 is 14.8 Å². The van der Waals surface area contributed by atoms with Crippen LogP contribution in [-0.2, 0) is 0 Å². The van der Waals surface area contributed by atoms with Gasteiger partial charge in [-0.1, -0.05) is 21.1 Å². The number of methoxy groups -OCH3 is 2. The van der Waals surface area contributed by atoms with Crippen LogP contribution in [0.3, 0.4) is 0 Å². The molecule has 1 atom stereocenters. The molecule has 1 N–H and O–H groups in total. The van der Waals surface area contributed by atoms with Gasteiger partial charge in [-0.05, 0) is 55.7 Å². The third-order valence-electron chi connectivity index (χ3n) is 5.24. The zero-order valence-electron chi connectivity index (χ0n) is 17.3. The van der Waals surface area contributed by atoms with Gasteiger partial charge in [-0.2, -0.15) is 4.98 Å². The van der Waals surface area contributed by atoms with Gasteiger partial charge in [0.2, 0.25) is 11.7 Å². The number of rotatable bonds is 5. The number of halogens is 1. The summed E-state index contributed by atoms with van der Waals surface area (Å²) >= 11 is 3.42. The molecule has 2 aromatic carbocycles. The lowest BCUT2D eigenvalue weighted by Gasteiger charge is -2.33. The number of aromatic nitrogens is 2. The Hall–Kier alpha value is -3.07. The molecule has 0 aliphatic carbocycles. The van der Waals surface area contributed by atoms with Gasteiger partial charge in [0.05, 0.1) is 19.9 Å². The number of carbonyl (C=O) groups is 1. The molecule has 8 nitrogen and oxygen atoms in total. The van der Waals surface area contributed by atoms with Crippen molar-refractivity contribution in [2.24, 2.45) is 0 Å². The van der Waals surface area contributed by atoms with Crippen LogP contribution in [-0.4, -0.2) is 41.8 Å². The first-order valence-corrected chi connectivity index (χ1v) is 10.8. The standard InChI is InChI=1S/C22H23BrN4O4/c1-29-16-10-11-17(19(13-16)30-2)24-22(28)27-12-4-3-5-18(27)21-25-20(26-31-21)14-6-8-15(23)9-7-14/h6-11,13,18H,3-5,12H2,1-2H3,(H,24,28). The maximum absolute atomic E-state index is 13.1. The van der Waals surface area contributed by atoms with E-state index in [9.17, 15) is 4.79 Å². The minimum atomic E-state index is -0.283. The molecule has 0 saturated carbocycles. The minimum absolute atomic E-state index is 0.239. The van der Waals surface area contributed by atoms with E-state index in [-0.39, 0.29) is 12.1 Å². The fraction of sp³-hybridized carbons (Fsp3) is 0.318. The Balaban J connectivity index is 1.54. The van der Waals surface area contributed by atoms with Crippen molar-refractivity contribution in [3.63, 3.8) is 0 Å². The summed E-state index contributed by atoms with van der Waals surface area (Å²) in [6.45, 7) is 0.602. The zero-order chi connectivity index (χ0) is 21.8. The monoisotopic (exact) mass is 486 g/mol. The van der Waals surface area contributed by atoms with Crippen LogP contribution in [0.25, 0.3) is 11.4 Å². The van der Waals surface area contributed by atoms with Crippen molar-refractivity contribution in [3.05, 3.63) is 52.8 Å². The molecule has 0 spiro atoms. The quantitative estimate of drug-likeness (QED) is 0.527. The molecule has 0 radical (unpaired) electrons. The van der Waals surface area contributed by atoms with Crippen molar-refractivity contribution in [1.29, 1.82) is 0 Å². The Morgan fingerprint density at radius 1 is 1.16 bits per heavy atom. The van der Waals surface area contributed by atoms with E-state index in [2.05, 4.69) is 31.4 Å². The Morgan fingerprint density at radius 3 is 2.71 bits per heavy atom. The topological polar surface area (TPSA) is 89.7 Å². The summed E-state index contributed by atoms with van der Waals surface area (Å²) in [4.78, 5) is 19.4. The van der Waals surface area contributed by atoms with Gasteiger partial charge in [-0.25, -0.2) is 4.79 Å². The lowest BCUT2D eigenvalue weighted by molar-refractivity contribution is 0.142. The highest BCUT2D eigenvalue weighted by Crippen LogP contribution is 2.34. The normalized spacial score (nSPS) is 16.1. The summed E-state index contributed by atoms with van der Waals surface area (Å²) in [6.07, 6.45) is 2.66. The maximum atomic E-state index is 13.1. The minimum Gasteiger partial charge on any atom is -0.497 e. The maximum Gasteiger partial charge on any atom is 0.322 e. The van der Waals surface area contributed by atoms with Crippen LogP contribution in [0.1, 0.15) is 31.2 Å². The van der Waals surface area contributed by atoms with Gasteiger partial charge < -0.3 is 24.2 Å². The Bertz CT molecular complexity index is 1050. The number of hydrogen-bond donors (Lipinski definition) is 1. The molecule has 1 aromatic heterocycles. The number of urea groups is 1. The highest BCUT2D eigenvalue weighted by atomic mass is 79.9. The zero-order valence-corrected chi connectivity index (χ0v) is 18.9. The van der Waals surface area contributed by atoms with Crippen molar-refractivity contribution in [1.82, 2.24) is 15.0 Å². The molecule has 0 bridgehead atoms. The van der Waals surface area contributed by atoms with E-state index in [1.54, 1.807) is 37.3 Å². The first-order valence-electron chi connectivity index (χ1n) is 9.98. The molecule has 2 amide bonds. The fourth-order valence-electron chi connectivity index (χ4n) is 3.61. The molecule has 1 aliphatic rings. The van der Waals surface area contributed by atoms with Crippen LogP contribution in [0.4, 0.5) is 10.5 Å². The highest BCUT2D eigenvalue weighted by Gasteiger charge is 2.32. The average molecular weight is 487 g/mol. The van der Waals surface area contributed by atoms with Crippen molar-refractivity contribution in [3.8, 4) is 22.9 Å². The van der Waals surface area contributed by atoms with Crippen LogP contribution in [0, 0.1) is 0 Å². The fourth-order valence-corrected chi connectivity index (χ4v) is 3.87. The summed E-state index contributed by atoms with van der Waals surface area (Å²) in [5.74, 6) is 2.12. The van der Waals surface area contributed by atoms with Gasteiger partial charge in [0.1, 0.15) is 17.5 Å². The Kier molecular flexibility index (Phi) is 6.41. The number of piperidine rings is 1. The molecule has 1 saturated heterocycles. The van der Waals surface area contributed by atoms with Gasteiger partial charge in [0.15, 0.2) is 0 Å². The van der Waals surface area contributed by atoms with Crippen LogP contribution in [0.5, 0.6) is 11.5 Å². The van der Waals surface area contributed by atoms with E-state index < -0.39 is 0 Å². The second-order valence-corrected chi connectivity index (χ2v) is 8.08. The van der Waals surface area contributed by atoms with E-state index in [0.717, 1.165) is 29.3 Å². The lowest BCUT2D eigenvalue weighted by Crippen LogP contribution is -2.41. The number of benzene rings is 2. The number of ether oxygens (including phenoxy) is 2. The number of carbonyl (C=O) groups excluding carboxylic acids is 1. The van der Waals surface area contributed by atoms with E-state index >= 15 is 0 Å². The third-order valence-corrected chi connectivity index (χ3v) is 5.77. The highest BCUT2D eigenvalue weighted by molar-refractivity contribution is 9.10. The Labute approximate surface area is 188 Å². The second-order valence-electron chi connectivity index (χ2n) is 7.16. The van der Waals surface area contributed by atoms with Crippen molar-refractivity contribution >= 4 is 27.6 Å². The number of nitrogens with zero attached hydrogens (tertiary/aromatic N) is 3. The van der Waals surface area contributed by atoms with Crippen LogP contribution in [0.15, 0.2) is 51.5 Å². The van der Waals surface area contributed by atoms with Gasteiger partial charge in [0.25, 0.3) is 0 Å². The van der Waals surface area contributed by atoms with Crippen molar-refractivity contribution in [2.75, 3.05) is 26.1 Å². The molecule has 2 heterocycles. The predicted molar refractivity (Wildman–Crippen MR) is 119 cm³/mol. The summed E-state index contributed by atoms with van der Waals surface area (Å²) in [6, 6.07) is 12.4. The number of anilines is 1. The smallest absolute Gasteiger partial charge is 0.322 e. The number of hydrogen-bond acceptors (Lipinski definition) is 6. The van der Waals surface area contributed by atoms with Gasteiger partial charge in [-0.15, -0.1) is 0 Å². The number of amides is 2. The molecule has 4 rings (SSSR count). The summed E-state index contributed by atoms with van der Waals surface area (Å²) in [7, 11) is 3.13. The third kappa shape index (κ3) is 4.66. The summed E-state index contributed by atoms with van der Waals surface area (Å²) < 4.78 is 17.1. The first-order chi connectivity index (χ1) is 15.1. The molecule has 1 unspecified atom stereocenters. The van der Waals surface area contributed by atoms with Crippen molar-refractivity contribution < 1.29 is 18.8 Å². The van der Waals surface area contributed by atoms with Crippen LogP contribution >= 0.6 is 15.9 Å². The van der Waals surface area contributed by atoms with E-state index in [4.69, 9.17) is 14.0 Å². The molecular formula is C22H23BrN4O4. The summed E-state index contributed by atoms with van der Waals surface area (Å²) in [5, 5.41) is 7.06. The van der Waals surface area contributed by atoms with Gasteiger partial charge in [-0.3, -0.25) is 0 Å². The molecule has 9 heteroatoms. The SMILES string of the molecule is COc1ccc(NC(=O)N2CCCCC2c2nc(-c3ccc(Br)cc3)no2)c(OC)c1. The van der Waals surface area contributed by atoms with E-state index in [1.165, 1.54) is 0 Å². The van der Waals surface area contributed by atoms with Crippen LogP contribution in [0.2, 0.25) is 0 Å². The summed E-state index contributed by atoms with van der Waals surface area (Å²) in [5.41, 5.74) is 1.42. The van der Waals surface area contributed by atoms with E-state index in [0.29, 0.717) is 35.4 Å². The first kappa shape index (κ1) is 21.2. The predicted octanol–water partition coefficient (Wildman–Crippen LogP) is 5.28. The second kappa shape index (κ2) is 9.38. The average Bonchev–Trinajstić information content (AvgIpc) is 3.30. The van der Waals surface area contributed by atoms with E-state index in [1.807, 2.05) is 24.3 Å². The number of likely N-dealkylation sites (tertiary alicyclic amines) is 1. The molecule has 162 valence electrons. The van der Waals surface area contributed by atoms with Gasteiger partial charge in [0, 0.05) is 22.6 Å². The molecule has 1 fully saturated rings. The molecule has 31 heavy (non-hydrogen) atoms. The number of nitrogens with one attached hydrogen (secondary N) is 1.